The summed E-state index contributed by atoms with van der Waals surface area (Å²) in [5, 5.41) is 0. The molecule has 0 bridgehead atoms. The molecule has 0 saturated carbocycles. The molecule has 12 heavy (non-hydrogen) atoms. The second-order valence-electron chi connectivity index (χ2n) is 4.32. The summed E-state index contributed by atoms with van der Waals surface area (Å²) in [7, 11) is 0. The summed E-state index contributed by atoms with van der Waals surface area (Å²) in [6.45, 7) is 6.69. The Hall–Kier alpha value is -0.530. The van der Waals surface area contributed by atoms with Gasteiger partial charge in [-0.2, -0.15) is 0 Å². The molecular weight excluding hydrogens is 148 g/mol. The molecule has 0 amide bonds. The van der Waals surface area contributed by atoms with Gasteiger partial charge in [-0.1, -0.05) is 20.8 Å². The van der Waals surface area contributed by atoms with Gasteiger partial charge in [0.1, 0.15) is 0 Å². The van der Waals surface area contributed by atoms with Crippen LogP contribution in [-0.4, -0.2) is 11.9 Å². The molecule has 0 aliphatic carbocycles. The zero-order valence-corrected chi connectivity index (χ0v) is 8.38. The maximum Gasteiger partial charge on any atom is 0.0943 e. The molecule has 2 N–H and O–H groups in total. The highest BCUT2D eigenvalue weighted by molar-refractivity contribution is 5.80. The lowest BCUT2D eigenvalue weighted by Gasteiger charge is -2.14. The van der Waals surface area contributed by atoms with E-state index in [1.807, 2.05) is 0 Å². The number of aliphatic imine (C=N–C) groups is 1. The van der Waals surface area contributed by atoms with Gasteiger partial charge in [0.2, 0.25) is 0 Å². The Labute approximate surface area is 75.3 Å². The minimum Gasteiger partial charge on any atom is -0.387 e. The van der Waals surface area contributed by atoms with Crippen molar-refractivity contribution in [2.24, 2.45) is 22.6 Å². The molecule has 0 saturated heterocycles. The summed E-state index contributed by atoms with van der Waals surface area (Å²) < 4.78 is 0. The van der Waals surface area contributed by atoms with Crippen LogP contribution in [0.2, 0.25) is 0 Å². The van der Waals surface area contributed by atoms with Crippen molar-refractivity contribution in [1.82, 2.24) is 0 Å². The molecule has 70 valence electrons. The van der Waals surface area contributed by atoms with Crippen molar-refractivity contribution in [3.8, 4) is 0 Å². The number of rotatable bonds is 1. The van der Waals surface area contributed by atoms with Crippen molar-refractivity contribution in [3.63, 3.8) is 0 Å². The van der Waals surface area contributed by atoms with Gasteiger partial charge in [-0.15, -0.1) is 0 Å². The van der Waals surface area contributed by atoms with Gasteiger partial charge in [0.05, 0.1) is 11.9 Å². The Morgan fingerprint density at radius 1 is 1.42 bits per heavy atom. The van der Waals surface area contributed by atoms with Crippen LogP contribution in [0.1, 0.15) is 40.0 Å². The third-order valence-corrected chi connectivity index (χ3v) is 2.61. The molecular formula is C10H20N2. The summed E-state index contributed by atoms with van der Waals surface area (Å²) in [6, 6.07) is 0.468. The van der Waals surface area contributed by atoms with E-state index in [2.05, 4.69) is 25.8 Å². The Kier molecular flexibility index (Phi) is 3.12. The molecule has 1 unspecified atom stereocenters. The van der Waals surface area contributed by atoms with Gasteiger partial charge in [-0.3, -0.25) is 4.99 Å². The molecule has 1 rings (SSSR count). The Balaban J connectivity index is 2.61. The number of hydrogen-bond donors (Lipinski definition) is 1. The smallest absolute Gasteiger partial charge is 0.0943 e. The van der Waals surface area contributed by atoms with Gasteiger partial charge in [0.25, 0.3) is 0 Å². The fourth-order valence-corrected chi connectivity index (χ4v) is 1.73. The maximum atomic E-state index is 5.80. The first kappa shape index (κ1) is 9.56. The standard InChI is InChI=1S/C10H20N2/c1-7(2)9-5-4-8(3)6-10(11)12-9/h7-9H,4-6H2,1-3H3,(H2,11,12)/t8?,9-/m0/s1. The normalized spacial score (nSPS) is 31.5. The van der Waals surface area contributed by atoms with Crippen LogP contribution < -0.4 is 5.73 Å². The van der Waals surface area contributed by atoms with E-state index in [-0.39, 0.29) is 0 Å². The van der Waals surface area contributed by atoms with Crippen LogP contribution in [0.3, 0.4) is 0 Å². The molecule has 2 heteroatoms. The van der Waals surface area contributed by atoms with Crippen LogP contribution in [0.5, 0.6) is 0 Å². The first-order valence-electron chi connectivity index (χ1n) is 4.91. The molecule has 0 aromatic heterocycles. The topological polar surface area (TPSA) is 38.4 Å². The molecule has 1 aliphatic rings. The van der Waals surface area contributed by atoms with Gasteiger partial charge in [0, 0.05) is 6.42 Å². The summed E-state index contributed by atoms with van der Waals surface area (Å²) in [4.78, 5) is 4.52. The minimum absolute atomic E-state index is 0.468. The average molecular weight is 168 g/mol. The van der Waals surface area contributed by atoms with E-state index in [0.29, 0.717) is 12.0 Å². The van der Waals surface area contributed by atoms with Crippen molar-refractivity contribution in [1.29, 1.82) is 0 Å². The third-order valence-electron chi connectivity index (χ3n) is 2.61. The fraction of sp³-hybridized carbons (Fsp3) is 0.900. The number of hydrogen-bond acceptors (Lipinski definition) is 2. The van der Waals surface area contributed by atoms with Gasteiger partial charge >= 0.3 is 0 Å². The van der Waals surface area contributed by atoms with Crippen molar-refractivity contribution >= 4 is 5.84 Å². The Bertz CT molecular complexity index is 173. The monoisotopic (exact) mass is 168 g/mol. The molecule has 0 spiro atoms. The Morgan fingerprint density at radius 2 is 2.08 bits per heavy atom. The van der Waals surface area contributed by atoms with Crippen molar-refractivity contribution in [3.05, 3.63) is 0 Å². The number of nitrogens with zero attached hydrogens (tertiary/aromatic N) is 1. The molecule has 1 aliphatic heterocycles. The SMILES string of the molecule is CC1CC[C@@H](C(C)C)N=C(N)C1. The quantitative estimate of drug-likeness (QED) is 0.640. The zero-order chi connectivity index (χ0) is 9.14. The average Bonchev–Trinajstić information content (AvgIpc) is 2.11. The fourth-order valence-electron chi connectivity index (χ4n) is 1.73. The predicted octanol–water partition coefficient (Wildman–Crippen LogP) is 2.19. The highest BCUT2D eigenvalue weighted by Gasteiger charge is 2.18. The van der Waals surface area contributed by atoms with E-state index in [0.717, 1.165) is 18.2 Å². The van der Waals surface area contributed by atoms with Crippen LogP contribution in [0.15, 0.2) is 4.99 Å². The maximum absolute atomic E-state index is 5.80. The molecule has 0 aromatic carbocycles. The third kappa shape index (κ3) is 2.50. The van der Waals surface area contributed by atoms with E-state index in [4.69, 9.17) is 5.73 Å². The van der Waals surface area contributed by atoms with Gasteiger partial charge in [-0.25, -0.2) is 0 Å². The van der Waals surface area contributed by atoms with Crippen molar-refractivity contribution in [2.75, 3.05) is 0 Å². The van der Waals surface area contributed by atoms with Crippen LogP contribution >= 0.6 is 0 Å². The van der Waals surface area contributed by atoms with Crippen LogP contribution in [0, 0.1) is 11.8 Å². The lowest BCUT2D eigenvalue weighted by molar-refractivity contribution is 0.428. The second kappa shape index (κ2) is 3.92. The number of nitrogens with two attached hydrogens (primary N) is 1. The van der Waals surface area contributed by atoms with E-state index < -0.39 is 0 Å². The summed E-state index contributed by atoms with van der Waals surface area (Å²) >= 11 is 0. The first-order chi connectivity index (χ1) is 5.59. The predicted molar refractivity (Wildman–Crippen MR) is 53.3 cm³/mol. The highest BCUT2D eigenvalue weighted by Crippen LogP contribution is 2.22. The summed E-state index contributed by atoms with van der Waals surface area (Å²) in [5.74, 6) is 2.21. The zero-order valence-electron chi connectivity index (χ0n) is 8.38. The van der Waals surface area contributed by atoms with Crippen LogP contribution in [0.4, 0.5) is 0 Å². The molecule has 2 atom stereocenters. The minimum atomic E-state index is 0.468. The van der Waals surface area contributed by atoms with E-state index >= 15 is 0 Å². The van der Waals surface area contributed by atoms with E-state index in [1.165, 1.54) is 12.8 Å². The molecule has 1 heterocycles. The summed E-state index contributed by atoms with van der Waals surface area (Å²) in [6.07, 6.45) is 3.47. The van der Waals surface area contributed by atoms with Crippen LogP contribution in [0.25, 0.3) is 0 Å². The van der Waals surface area contributed by atoms with E-state index in [1.54, 1.807) is 0 Å². The second-order valence-corrected chi connectivity index (χ2v) is 4.32. The van der Waals surface area contributed by atoms with Gasteiger partial charge in [-0.05, 0) is 24.7 Å². The van der Waals surface area contributed by atoms with Crippen molar-refractivity contribution in [2.45, 2.75) is 46.1 Å². The van der Waals surface area contributed by atoms with Gasteiger partial charge in [0.15, 0.2) is 0 Å². The van der Waals surface area contributed by atoms with Gasteiger partial charge < -0.3 is 5.73 Å². The lowest BCUT2D eigenvalue weighted by Crippen LogP contribution is -2.18. The number of amidine groups is 1. The largest absolute Gasteiger partial charge is 0.387 e. The summed E-state index contributed by atoms with van der Waals surface area (Å²) in [5.41, 5.74) is 5.80. The Morgan fingerprint density at radius 3 is 2.67 bits per heavy atom. The molecule has 0 aromatic rings. The van der Waals surface area contributed by atoms with Crippen LogP contribution in [-0.2, 0) is 0 Å². The van der Waals surface area contributed by atoms with Crippen molar-refractivity contribution < 1.29 is 0 Å². The molecule has 0 radical (unpaired) electrons. The molecule has 0 fully saturated rings. The molecule has 2 nitrogen and oxygen atoms in total. The highest BCUT2D eigenvalue weighted by atomic mass is 14.9. The lowest BCUT2D eigenvalue weighted by atomic mass is 9.96. The first-order valence-corrected chi connectivity index (χ1v) is 4.91. The van der Waals surface area contributed by atoms with E-state index in [9.17, 15) is 0 Å².